The third-order valence-electron chi connectivity index (χ3n) is 5.32. The van der Waals surface area contributed by atoms with E-state index in [1.54, 1.807) is 18.2 Å². The SMILES string of the molecule is CCCCc1ccc(N(C(=O)COc2ccc(CC)cc2Br)S(=O)(=O)c2ccc(Cl)cc2)cc1. The van der Waals surface area contributed by atoms with Gasteiger partial charge in [-0.25, -0.2) is 8.42 Å². The summed E-state index contributed by atoms with van der Waals surface area (Å²) >= 11 is 9.38. The maximum absolute atomic E-state index is 13.5. The number of nitrogens with zero attached hydrogens (tertiary/aromatic N) is 1. The van der Waals surface area contributed by atoms with Crippen molar-refractivity contribution in [3.63, 3.8) is 0 Å². The molecular weight excluding hydrogens is 538 g/mol. The van der Waals surface area contributed by atoms with E-state index >= 15 is 0 Å². The fourth-order valence-electron chi connectivity index (χ4n) is 3.39. The smallest absolute Gasteiger partial charge is 0.278 e. The van der Waals surface area contributed by atoms with Crippen molar-refractivity contribution in [2.75, 3.05) is 10.9 Å². The Kier molecular flexibility index (Phi) is 9.17. The summed E-state index contributed by atoms with van der Waals surface area (Å²) in [5.41, 5.74) is 2.45. The minimum absolute atomic E-state index is 0.0335. The fraction of sp³-hybridized carbons (Fsp3) is 0.269. The molecule has 0 atom stereocenters. The van der Waals surface area contributed by atoms with Gasteiger partial charge in [0.2, 0.25) is 0 Å². The molecule has 0 aromatic heterocycles. The molecule has 0 aliphatic rings. The summed E-state index contributed by atoms with van der Waals surface area (Å²) in [4.78, 5) is 13.2. The fourth-order valence-corrected chi connectivity index (χ4v) is 5.46. The van der Waals surface area contributed by atoms with Crippen molar-refractivity contribution in [1.82, 2.24) is 0 Å². The van der Waals surface area contributed by atoms with E-state index in [-0.39, 0.29) is 10.6 Å². The number of anilines is 1. The third-order valence-corrected chi connectivity index (χ3v) is 7.96. The number of sulfonamides is 1. The number of carbonyl (C=O) groups is 1. The highest BCUT2D eigenvalue weighted by molar-refractivity contribution is 9.10. The Hall–Kier alpha value is -2.35. The topological polar surface area (TPSA) is 63.7 Å². The molecule has 3 aromatic rings. The van der Waals surface area contributed by atoms with E-state index in [0.717, 1.165) is 41.1 Å². The zero-order valence-electron chi connectivity index (χ0n) is 19.1. The molecule has 0 unspecified atom stereocenters. The van der Waals surface area contributed by atoms with Crippen LogP contribution in [0.3, 0.4) is 0 Å². The molecule has 3 aromatic carbocycles. The maximum atomic E-state index is 13.5. The quantitative estimate of drug-likeness (QED) is 0.271. The van der Waals surface area contributed by atoms with Crippen molar-refractivity contribution >= 4 is 49.1 Å². The van der Waals surface area contributed by atoms with Crippen molar-refractivity contribution in [2.24, 2.45) is 0 Å². The van der Waals surface area contributed by atoms with Crippen LogP contribution in [-0.2, 0) is 27.7 Å². The molecule has 0 N–H and O–H groups in total. The summed E-state index contributed by atoms with van der Waals surface area (Å²) in [6, 6.07) is 18.3. The molecule has 34 heavy (non-hydrogen) atoms. The number of hydrogen-bond acceptors (Lipinski definition) is 4. The number of ether oxygens (including phenoxy) is 1. The molecule has 0 bridgehead atoms. The number of carbonyl (C=O) groups excluding carboxylic acids is 1. The zero-order valence-corrected chi connectivity index (χ0v) is 22.3. The first-order valence-corrected chi connectivity index (χ1v) is 13.7. The molecule has 0 saturated heterocycles. The van der Waals surface area contributed by atoms with Crippen molar-refractivity contribution in [3.8, 4) is 5.75 Å². The first-order valence-electron chi connectivity index (χ1n) is 11.1. The van der Waals surface area contributed by atoms with Gasteiger partial charge < -0.3 is 4.74 Å². The summed E-state index contributed by atoms with van der Waals surface area (Å²) in [6.07, 6.45) is 3.84. The molecule has 0 fully saturated rings. The molecule has 0 spiro atoms. The van der Waals surface area contributed by atoms with Gasteiger partial charge in [0.15, 0.2) is 6.61 Å². The van der Waals surface area contributed by atoms with Gasteiger partial charge in [-0.15, -0.1) is 0 Å². The molecule has 0 radical (unpaired) electrons. The number of hydrogen-bond donors (Lipinski definition) is 0. The van der Waals surface area contributed by atoms with E-state index in [1.165, 1.54) is 24.3 Å². The highest BCUT2D eigenvalue weighted by Crippen LogP contribution is 2.28. The minimum Gasteiger partial charge on any atom is -0.483 e. The van der Waals surface area contributed by atoms with Crippen LogP contribution in [-0.4, -0.2) is 20.9 Å². The van der Waals surface area contributed by atoms with Gasteiger partial charge in [-0.3, -0.25) is 4.79 Å². The molecule has 3 rings (SSSR count). The highest BCUT2D eigenvalue weighted by Gasteiger charge is 2.31. The zero-order chi connectivity index (χ0) is 24.7. The number of aryl methyl sites for hydroxylation is 2. The van der Waals surface area contributed by atoms with Gasteiger partial charge in [-0.2, -0.15) is 4.31 Å². The van der Waals surface area contributed by atoms with Crippen LogP contribution in [0.15, 0.2) is 76.1 Å². The first kappa shape index (κ1) is 26.3. The van der Waals surface area contributed by atoms with Crippen LogP contribution in [0.4, 0.5) is 5.69 Å². The van der Waals surface area contributed by atoms with E-state index in [1.807, 2.05) is 31.2 Å². The summed E-state index contributed by atoms with van der Waals surface area (Å²) in [7, 11) is -4.19. The average molecular weight is 565 g/mol. The van der Waals surface area contributed by atoms with Crippen molar-refractivity contribution in [2.45, 2.75) is 44.4 Å². The Morgan fingerprint density at radius 1 is 0.971 bits per heavy atom. The van der Waals surface area contributed by atoms with Gasteiger partial charge in [-0.1, -0.05) is 50.1 Å². The maximum Gasteiger partial charge on any atom is 0.278 e. The number of unbranched alkanes of at least 4 members (excludes halogenated alkanes) is 1. The number of benzene rings is 3. The van der Waals surface area contributed by atoms with Crippen LogP contribution in [0.25, 0.3) is 0 Å². The standard InChI is InChI=1S/C26H27BrClNO4S/c1-3-5-6-20-7-12-22(13-8-20)29(34(31,32)23-14-10-21(28)11-15-23)26(30)18-33-25-16-9-19(4-2)17-24(25)27/h7-17H,3-6,18H2,1-2H3. The van der Waals surface area contributed by atoms with Gasteiger partial charge in [-0.05, 0) is 94.9 Å². The van der Waals surface area contributed by atoms with E-state index in [2.05, 4.69) is 22.9 Å². The predicted molar refractivity (Wildman–Crippen MR) is 140 cm³/mol. The van der Waals surface area contributed by atoms with Crippen molar-refractivity contribution < 1.29 is 17.9 Å². The lowest BCUT2D eigenvalue weighted by molar-refractivity contribution is -0.119. The Balaban J connectivity index is 1.92. The largest absolute Gasteiger partial charge is 0.483 e. The lowest BCUT2D eigenvalue weighted by atomic mass is 10.1. The van der Waals surface area contributed by atoms with Gasteiger partial charge in [0, 0.05) is 5.02 Å². The Labute approximate surface area is 214 Å². The van der Waals surface area contributed by atoms with Crippen LogP contribution in [0.5, 0.6) is 5.75 Å². The first-order chi connectivity index (χ1) is 16.3. The lowest BCUT2D eigenvalue weighted by Crippen LogP contribution is -2.40. The van der Waals surface area contributed by atoms with Gasteiger partial charge in [0.1, 0.15) is 5.75 Å². The van der Waals surface area contributed by atoms with Gasteiger partial charge in [0.25, 0.3) is 15.9 Å². The van der Waals surface area contributed by atoms with Gasteiger partial charge in [0.05, 0.1) is 15.1 Å². The summed E-state index contributed by atoms with van der Waals surface area (Å²) in [5, 5.41) is 0.404. The summed E-state index contributed by atoms with van der Waals surface area (Å²) in [5.74, 6) is -0.243. The Morgan fingerprint density at radius 2 is 1.62 bits per heavy atom. The van der Waals surface area contributed by atoms with Crippen LogP contribution < -0.4 is 9.04 Å². The second-order valence-corrected chi connectivity index (χ2v) is 10.9. The second-order valence-electron chi connectivity index (χ2n) is 7.79. The highest BCUT2D eigenvalue weighted by atomic mass is 79.9. The Morgan fingerprint density at radius 3 is 2.21 bits per heavy atom. The minimum atomic E-state index is -4.19. The van der Waals surface area contributed by atoms with Crippen molar-refractivity contribution in [3.05, 3.63) is 87.4 Å². The van der Waals surface area contributed by atoms with Crippen LogP contribution in [0.2, 0.25) is 5.02 Å². The lowest BCUT2D eigenvalue weighted by Gasteiger charge is -2.23. The predicted octanol–water partition coefficient (Wildman–Crippen LogP) is 6.81. The second kappa shape index (κ2) is 11.9. The molecule has 0 saturated carbocycles. The van der Waals surface area contributed by atoms with Crippen LogP contribution in [0.1, 0.15) is 37.8 Å². The van der Waals surface area contributed by atoms with Crippen LogP contribution in [0, 0.1) is 0 Å². The third kappa shape index (κ3) is 6.40. The molecular formula is C26H27BrClNO4S. The van der Waals surface area contributed by atoms with Crippen molar-refractivity contribution in [1.29, 1.82) is 0 Å². The molecule has 8 heteroatoms. The summed E-state index contributed by atoms with van der Waals surface area (Å²) in [6.45, 7) is 3.70. The molecule has 1 amide bonds. The molecule has 0 aliphatic heterocycles. The molecule has 0 aliphatic carbocycles. The summed E-state index contributed by atoms with van der Waals surface area (Å²) < 4.78 is 34.2. The van der Waals surface area contributed by atoms with Gasteiger partial charge >= 0.3 is 0 Å². The van der Waals surface area contributed by atoms with Crippen LogP contribution >= 0.6 is 27.5 Å². The number of amides is 1. The van der Waals surface area contributed by atoms with E-state index in [4.69, 9.17) is 16.3 Å². The van der Waals surface area contributed by atoms with E-state index < -0.39 is 22.5 Å². The normalized spacial score (nSPS) is 11.3. The number of halogens is 2. The molecule has 0 heterocycles. The average Bonchev–Trinajstić information content (AvgIpc) is 2.83. The number of rotatable bonds is 10. The van der Waals surface area contributed by atoms with E-state index in [9.17, 15) is 13.2 Å². The monoisotopic (exact) mass is 563 g/mol. The molecule has 180 valence electrons. The Bertz CT molecular complexity index is 1230. The molecule has 5 nitrogen and oxygen atoms in total. The van der Waals surface area contributed by atoms with E-state index in [0.29, 0.717) is 15.2 Å².